The van der Waals surface area contributed by atoms with Crippen LogP contribution in [0.25, 0.3) is 0 Å². The Morgan fingerprint density at radius 1 is 1.18 bits per heavy atom. The summed E-state index contributed by atoms with van der Waals surface area (Å²) in [5.41, 5.74) is 1.96. The third-order valence-corrected chi connectivity index (χ3v) is 4.71. The molecule has 0 spiro atoms. The highest BCUT2D eigenvalue weighted by molar-refractivity contribution is 6.23. The molecule has 144 valence electrons. The second-order valence-corrected chi connectivity index (χ2v) is 6.60. The Hall–Kier alpha value is -3.41. The summed E-state index contributed by atoms with van der Waals surface area (Å²) in [5, 5.41) is 0. The molecule has 1 aliphatic rings. The number of rotatable bonds is 6. The van der Waals surface area contributed by atoms with Crippen molar-refractivity contribution in [2.24, 2.45) is 0 Å². The van der Waals surface area contributed by atoms with Gasteiger partial charge in [-0.2, -0.15) is 0 Å². The number of ether oxygens (including phenoxy) is 1. The summed E-state index contributed by atoms with van der Waals surface area (Å²) in [4.78, 5) is 41.1. The summed E-state index contributed by atoms with van der Waals surface area (Å²) in [7, 11) is 1.54. The predicted octanol–water partition coefficient (Wildman–Crippen LogP) is 2.96. The molecule has 1 saturated heterocycles. The van der Waals surface area contributed by atoms with Crippen molar-refractivity contribution in [3.05, 3.63) is 72.3 Å². The molecule has 1 atom stereocenters. The smallest absolute Gasteiger partial charge is 0.257 e. The van der Waals surface area contributed by atoms with E-state index >= 15 is 0 Å². The standard InChI is InChI=1S/C22H22N2O4/c1-4-13-23(21(26)16-7-5-15(2)6-8-16)19-14-20(25)24(22(19)27)17-9-11-18(28-3)12-10-17/h4-12,19H,1,13-14H2,2-3H3. The van der Waals surface area contributed by atoms with Crippen LogP contribution in [0.5, 0.6) is 5.75 Å². The summed E-state index contributed by atoms with van der Waals surface area (Å²) < 4.78 is 5.11. The van der Waals surface area contributed by atoms with Crippen molar-refractivity contribution in [3.63, 3.8) is 0 Å². The van der Waals surface area contributed by atoms with Crippen LogP contribution in [-0.2, 0) is 9.59 Å². The lowest BCUT2D eigenvalue weighted by molar-refractivity contribution is -0.122. The molecule has 0 radical (unpaired) electrons. The molecule has 0 saturated carbocycles. The Bertz CT molecular complexity index is 903. The van der Waals surface area contributed by atoms with E-state index in [2.05, 4.69) is 6.58 Å². The summed E-state index contributed by atoms with van der Waals surface area (Å²) in [6.07, 6.45) is 1.50. The largest absolute Gasteiger partial charge is 0.497 e. The first-order chi connectivity index (χ1) is 13.5. The molecule has 1 fully saturated rings. The molecule has 6 nitrogen and oxygen atoms in total. The third-order valence-electron chi connectivity index (χ3n) is 4.71. The summed E-state index contributed by atoms with van der Waals surface area (Å²) in [6, 6.07) is 12.9. The van der Waals surface area contributed by atoms with Crippen LogP contribution < -0.4 is 9.64 Å². The first-order valence-corrected chi connectivity index (χ1v) is 8.95. The van der Waals surface area contributed by atoms with E-state index in [9.17, 15) is 14.4 Å². The minimum atomic E-state index is -0.860. The second kappa shape index (κ2) is 8.08. The van der Waals surface area contributed by atoms with Crippen LogP contribution in [0.3, 0.4) is 0 Å². The molecule has 1 unspecified atom stereocenters. The average molecular weight is 378 g/mol. The normalized spacial score (nSPS) is 16.2. The fourth-order valence-corrected chi connectivity index (χ4v) is 3.21. The topological polar surface area (TPSA) is 66.9 Å². The maximum absolute atomic E-state index is 13.0. The highest BCUT2D eigenvalue weighted by Crippen LogP contribution is 2.28. The van der Waals surface area contributed by atoms with Gasteiger partial charge < -0.3 is 9.64 Å². The fourth-order valence-electron chi connectivity index (χ4n) is 3.21. The molecule has 0 bridgehead atoms. The van der Waals surface area contributed by atoms with Crippen molar-refractivity contribution in [1.29, 1.82) is 0 Å². The van der Waals surface area contributed by atoms with Gasteiger partial charge in [-0.1, -0.05) is 23.8 Å². The van der Waals surface area contributed by atoms with Crippen molar-refractivity contribution in [1.82, 2.24) is 4.90 Å². The van der Waals surface area contributed by atoms with Crippen molar-refractivity contribution >= 4 is 23.4 Å². The van der Waals surface area contributed by atoms with E-state index in [4.69, 9.17) is 4.74 Å². The van der Waals surface area contributed by atoms with E-state index in [0.29, 0.717) is 17.0 Å². The van der Waals surface area contributed by atoms with Gasteiger partial charge in [0, 0.05) is 12.1 Å². The van der Waals surface area contributed by atoms with Crippen LogP contribution in [0, 0.1) is 6.92 Å². The number of benzene rings is 2. The SMILES string of the molecule is C=CCN(C(=O)c1ccc(C)cc1)C1CC(=O)N(c2ccc(OC)cc2)C1=O. The monoisotopic (exact) mass is 378 g/mol. The summed E-state index contributed by atoms with van der Waals surface area (Å²) in [6.45, 7) is 5.79. The van der Waals surface area contributed by atoms with Crippen LogP contribution in [0.15, 0.2) is 61.2 Å². The number of carbonyl (C=O) groups is 3. The summed E-state index contributed by atoms with van der Waals surface area (Å²) >= 11 is 0. The van der Waals surface area contributed by atoms with Gasteiger partial charge in [-0.3, -0.25) is 14.4 Å². The predicted molar refractivity (Wildman–Crippen MR) is 106 cm³/mol. The molecule has 6 heteroatoms. The van der Waals surface area contributed by atoms with Crippen LogP contribution >= 0.6 is 0 Å². The molecule has 2 aromatic rings. The van der Waals surface area contributed by atoms with Crippen LogP contribution in [0.1, 0.15) is 22.3 Å². The van der Waals surface area contributed by atoms with Crippen molar-refractivity contribution in [2.45, 2.75) is 19.4 Å². The minimum absolute atomic E-state index is 0.0592. The third kappa shape index (κ3) is 3.67. The minimum Gasteiger partial charge on any atom is -0.497 e. The Kier molecular flexibility index (Phi) is 5.59. The van der Waals surface area contributed by atoms with Crippen LogP contribution in [0.2, 0.25) is 0 Å². The molecule has 3 rings (SSSR count). The molecule has 2 aromatic carbocycles. The number of carbonyl (C=O) groups excluding carboxylic acids is 3. The maximum Gasteiger partial charge on any atom is 0.257 e. The second-order valence-electron chi connectivity index (χ2n) is 6.60. The first kappa shape index (κ1) is 19.4. The number of anilines is 1. The number of methoxy groups -OCH3 is 1. The maximum atomic E-state index is 13.0. The van der Waals surface area contributed by atoms with Crippen LogP contribution in [-0.4, -0.2) is 42.3 Å². The Labute approximate surface area is 164 Å². The van der Waals surface area contributed by atoms with Gasteiger partial charge in [0.05, 0.1) is 19.2 Å². The molecule has 3 amide bonds. The number of amides is 3. The van der Waals surface area contributed by atoms with Crippen molar-refractivity contribution in [2.75, 3.05) is 18.6 Å². The Morgan fingerprint density at radius 2 is 1.82 bits per heavy atom. The van der Waals surface area contributed by atoms with Crippen molar-refractivity contribution < 1.29 is 19.1 Å². The van der Waals surface area contributed by atoms with E-state index in [0.717, 1.165) is 10.5 Å². The molecular weight excluding hydrogens is 356 g/mol. The van der Waals surface area contributed by atoms with Crippen LogP contribution in [0.4, 0.5) is 5.69 Å². The molecule has 0 aromatic heterocycles. The van der Waals surface area contributed by atoms with Gasteiger partial charge in [0.25, 0.3) is 11.8 Å². The van der Waals surface area contributed by atoms with E-state index in [1.54, 1.807) is 49.6 Å². The number of imide groups is 1. The number of hydrogen-bond acceptors (Lipinski definition) is 4. The van der Waals surface area contributed by atoms with Crippen molar-refractivity contribution in [3.8, 4) is 5.75 Å². The van der Waals surface area contributed by atoms with E-state index in [1.165, 1.54) is 4.90 Å². The zero-order chi connectivity index (χ0) is 20.3. The van der Waals surface area contributed by atoms with E-state index < -0.39 is 11.9 Å². The average Bonchev–Trinajstić information content (AvgIpc) is 3.00. The zero-order valence-corrected chi connectivity index (χ0v) is 15.9. The summed E-state index contributed by atoms with van der Waals surface area (Å²) in [5.74, 6) is -0.437. The lowest BCUT2D eigenvalue weighted by Gasteiger charge is -2.26. The van der Waals surface area contributed by atoms with Gasteiger partial charge in [-0.25, -0.2) is 4.90 Å². The van der Waals surface area contributed by atoms with E-state index in [-0.39, 0.29) is 24.8 Å². The molecule has 1 aliphatic heterocycles. The number of aryl methyl sites for hydroxylation is 1. The zero-order valence-electron chi connectivity index (χ0n) is 15.9. The highest BCUT2D eigenvalue weighted by Gasteiger charge is 2.44. The molecule has 1 heterocycles. The molecule has 0 N–H and O–H groups in total. The van der Waals surface area contributed by atoms with Gasteiger partial charge >= 0.3 is 0 Å². The number of nitrogens with zero attached hydrogens (tertiary/aromatic N) is 2. The van der Waals surface area contributed by atoms with Gasteiger partial charge in [-0.15, -0.1) is 6.58 Å². The molecular formula is C22H22N2O4. The lowest BCUT2D eigenvalue weighted by Crippen LogP contribution is -2.45. The quantitative estimate of drug-likeness (QED) is 0.573. The fraction of sp³-hybridized carbons (Fsp3) is 0.227. The lowest BCUT2D eigenvalue weighted by atomic mass is 10.1. The molecule has 28 heavy (non-hydrogen) atoms. The Morgan fingerprint density at radius 3 is 2.39 bits per heavy atom. The van der Waals surface area contributed by atoms with Gasteiger partial charge in [0.1, 0.15) is 11.8 Å². The van der Waals surface area contributed by atoms with Gasteiger partial charge in [0.2, 0.25) is 5.91 Å². The van der Waals surface area contributed by atoms with Gasteiger partial charge in [0.15, 0.2) is 0 Å². The van der Waals surface area contributed by atoms with E-state index in [1.807, 2.05) is 19.1 Å². The number of hydrogen-bond donors (Lipinski definition) is 0. The Balaban J connectivity index is 1.88. The molecule has 0 aliphatic carbocycles. The highest BCUT2D eigenvalue weighted by atomic mass is 16.5. The van der Waals surface area contributed by atoms with Gasteiger partial charge in [-0.05, 0) is 43.3 Å². The first-order valence-electron chi connectivity index (χ1n) is 8.95.